The van der Waals surface area contributed by atoms with E-state index in [1.807, 2.05) is 29.0 Å². The number of anilines is 1. The van der Waals surface area contributed by atoms with Crippen LogP contribution in [0.3, 0.4) is 0 Å². The molecule has 0 spiro atoms. The molecule has 5 nitrogen and oxygen atoms in total. The van der Waals surface area contributed by atoms with E-state index >= 15 is 0 Å². The first-order chi connectivity index (χ1) is 12.6. The van der Waals surface area contributed by atoms with Gasteiger partial charge in [0.05, 0.1) is 11.8 Å². The van der Waals surface area contributed by atoms with E-state index in [-0.39, 0.29) is 12.5 Å². The number of amides is 1. The molecule has 1 aliphatic rings. The van der Waals surface area contributed by atoms with E-state index in [0.29, 0.717) is 30.0 Å². The van der Waals surface area contributed by atoms with Gasteiger partial charge in [-0.3, -0.25) is 4.79 Å². The molecule has 3 rings (SSSR count). The number of hydrogen-bond acceptors (Lipinski definition) is 3. The van der Waals surface area contributed by atoms with Crippen LogP contribution in [-0.4, -0.2) is 36.1 Å². The number of hydrogen-bond donors (Lipinski definition) is 3. The van der Waals surface area contributed by atoms with Gasteiger partial charge in [0, 0.05) is 36.6 Å². The van der Waals surface area contributed by atoms with Crippen molar-refractivity contribution in [3.8, 4) is 0 Å². The second-order valence-corrected chi connectivity index (χ2v) is 7.42. The minimum atomic E-state index is -0.637. The Bertz CT molecular complexity index is 753. The number of benzene rings is 1. The number of nitrogens with zero attached hydrogens (tertiary/aromatic N) is 1. The third-order valence-electron chi connectivity index (χ3n) is 5.40. The zero-order valence-corrected chi connectivity index (χ0v) is 15.3. The molecule has 1 atom stereocenters. The lowest BCUT2D eigenvalue weighted by Crippen LogP contribution is -2.24. The summed E-state index contributed by atoms with van der Waals surface area (Å²) in [5.74, 6) is 0.706. The molecular weight excluding hydrogens is 325 g/mol. The van der Waals surface area contributed by atoms with Gasteiger partial charge in [0.2, 0.25) is 5.91 Å². The number of nitrogens with two attached hydrogens (primary N) is 1. The molecular formula is C20H28BN3O2. The van der Waals surface area contributed by atoms with Crippen molar-refractivity contribution in [2.45, 2.75) is 57.6 Å². The highest BCUT2D eigenvalue weighted by molar-refractivity contribution is 6.40. The Morgan fingerprint density at radius 3 is 2.85 bits per heavy atom. The number of carbonyl (C=O) groups is 1. The van der Waals surface area contributed by atoms with E-state index in [9.17, 15) is 9.90 Å². The van der Waals surface area contributed by atoms with Crippen LogP contribution in [-0.2, 0) is 11.3 Å². The van der Waals surface area contributed by atoms with Gasteiger partial charge < -0.3 is 20.7 Å². The van der Waals surface area contributed by atoms with E-state index in [2.05, 4.69) is 5.32 Å². The Morgan fingerprint density at radius 2 is 2.12 bits per heavy atom. The summed E-state index contributed by atoms with van der Waals surface area (Å²) in [5, 5.41) is 13.7. The molecule has 138 valence electrons. The van der Waals surface area contributed by atoms with Crippen molar-refractivity contribution < 1.29 is 9.90 Å². The largest absolute Gasteiger partial charge is 0.390 e. The average molecular weight is 353 g/mol. The van der Waals surface area contributed by atoms with Gasteiger partial charge in [0.15, 0.2) is 0 Å². The van der Waals surface area contributed by atoms with Crippen LogP contribution in [0.2, 0.25) is 0 Å². The van der Waals surface area contributed by atoms with Crippen molar-refractivity contribution in [2.75, 3.05) is 11.9 Å². The van der Waals surface area contributed by atoms with E-state index in [1.54, 1.807) is 0 Å². The average Bonchev–Trinajstić information content (AvgIpc) is 2.99. The maximum Gasteiger partial charge on any atom is 0.224 e. The molecule has 0 bridgehead atoms. The molecule has 6 heteroatoms. The van der Waals surface area contributed by atoms with Gasteiger partial charge in [-0.2, -0.15) is 0 Å². The summed E-state index contributed by atoms with van der Waals surface area (Å²) in [4.78, 5) is 12.5. The van der Waals surface area contributed by atoms with Crippen LogP contribution in [0, 0.1) is 5.92 Å². The molecule has 1 aliphatic carbocycles. The summed E-state index contributed by atoms with van der Waals surface area (Å²) in [6.07, 6.45) is 9.10. The van der Waals surface area contributed by atoms with Gasteiger partial charge in [-0.25, -0.2) is 0 Å². The molecule has 1 aromatic heterocycles. The molecule has 2 aromatic rings. The number of aromatic nitrogens is 1. The van der Waals surface area contributed by atoms with Crippen molar-refractivity contribution >= 4 is 35.8 Å². The fourth-order valence-corrected chi connectivity index (χ4v) is 3.95. The number of aliphatic hydroxyl groups excluding tert-OH is 1. The van der Waals surface area contributed by atoms with Gasteiger partial charge in [-0.15, -0.1) is 0 Å². The van der Waals surface area contributed by atoms with Gasteiger partial charge in [0.1, 0.15) is 7.85 Å². The smallest absolute Gasteiger partial charge is 0.224 e. The fourth-order valence-electron chi connectivity index (χ4n) is 3.95. The van der Waals surface area contributed by atoms with Crippen LogP contribution < -0.4 is 16.5 Å². The predicted molar refractivity (Wildman–Crippen MR) is 107 cm³/mol. The van der Waals surface area contributed by atoms with Crippen LogP contribution in [0.25, 0.3) is 10.9 Å². The second-order valence-electron chi connectivity index (χ2n) is 7.42. The summed E-state index contributed by atoms with van der Waals surface area (Å²) in [6, 6.07) is 5.63. The summed E-state index contributed by atoms with van der Waals surface area (Å²) in [6.45, 7) is 0.555. The van der Waals surface area contributed by atoms with Gasteiger partial charge in [-0.05, 0) is 18.4 Å². The van der Waals surface area contributed by atoms with Gasteiger partial charge in [0.25, 0.3) is 0 Å². The third kappa shape index (κ3) is 4.49. The number of nitrogens with one attached hydrogen (secondary N) is 1. The fraction of sp³-hybridized carbons (Fsp3) is 0.550. The lowest BCUT2D eigenvalue weighted by atomic mass is 9.86. The van der Waals surface area contributed by atoms with Crippen LogP contribution >= 0.6 is 0 Å². The normalized spacial score (nSPS) is 16.7. The van der Waals surface area contributed by atoms with Gasteiger partial charge >= 0.3 is 0 Å². The summed E-state index contributed by atoms with van der Waals surface area (Å²) >= 11 is 0. The molecule has 1 aromatic carbocycles. The Labute approximate surface area is 156 Å². The SMILES string of the molecule is [B]c1cccc2c1c(NC(=O)CCC1CCCCC1)cn2CC(O)CN. The zero-order valence-electron chi connectivity index (χ0n) is 15.3. The topological polar surface area (TPSA) is 80.3 Å². The van der Waals surface area contributed by atoms with Crippen LogP contribution in [0.4, 0.5) is 5.69 Å². The van der Waals surface area contributed by atoms with Crippen LogP contribution in [0.1, 0.15) is 44.9 Å². The van der Waals surface area contributed by atoms with Crippen molar-refractivity contribution in [1.82, 2.24) is 4.57 Å². The Kier molecular flexibility index (Phi) is 6.38. The first-order valence-corrected chi connectivity index (χ1v) is 9.63. The first-order valence-electron chi connectivity index (χ1n) is 9.63. The summed E-state index contributed by atoms with van der Waals surface area (Å²) in [5.41, 5.74) is 7.74. The van der Waals surface area contributed by atoms with Crippen molar-refractivity contribution in [3.05, 3.63) is 24.4 Å². The van der Waals surface area contributed by atoms with E-state index in [1.165, 1.54) is 32.1 Å². The first kappa shape index (κ1) is 19.0. The molecule has 2 radical (unpaired) electrons. The minimum absolute atomic E-state index is 0.0252. The lowest BCUT2D eigenvalue weighted by molar-refractivity contribution is -0.116. The molecule has 1 unspecified atom stereocenters. The minimum Gasteiger partial charge on any atom is -0.390 e. The monoisotopic (exact) mass is 353 g/mol. The number of fused-ring (bicyclic) bond motifs is 1. The molecule has 1 amide bonds. The molecule has 26 heavy (non-hydrogen) atoms. The van der Waals surface area contributed by atoms with Crippen LogP contribution in [0.5, 0.6) is 0 Å². The zero-order chi connectivity index (χ0) is 18.5. The maximum absolute atomic E-state index is 12.5. The highest BCUT2D eigenvalue weighted by Crippen LogP contribution is 2.28. The van der Waals surface area contributed by atoms with Gasteiger partial charge in [-0.1, -0.05) is 49.7 Å². The van der Waals surface area contributed by atoms with Crippen molar-refractivity contribution in [2.24, 2.45) is 11.7 Å². The Morgan fingerprint density at radius 1 is 1.35 bits per heavy atom. The number of rotatable bonds is 7. The second kappa shape index (κ2) is 8.74. The van der Waals surface area contributed by atoms with Crippen molar-refractivity contribution in [1.29, 1.82) is 0 Å². The Balaban J connectivity index is 1.73. The molecule has 1 heterocycles. The molecule has 0 aliphatic heterocycles. The standard InChI is InChI=1S/C20H28BN3O2/c21-16-7-4-8-18-20(16)17(13-24(18)12-15(25)11-22)23-19(26)10-9-14-5-2-1-3-6-14/h4,7-8,13-15,25H,1-3,5-6,9-12,22H2,(H,23,26). The highest BCUT2D eigenvalue weighted by atomic mass is 16.3. The molecule has 1 fully saturated rings. The Hall–Kier alpha value is -1.79. The van der Waals surface area contributed by atoms with Crippen molar-refractivity contribution in [3.63, 3.8) is 0 Å². The van der Waals surface area contributed by atoms with E-state index in [0.717, 1.165) is 17.3 Å². The molecule has 0 saturated heterocycles. The highest BCUT2D eigenvalue weighted by Gasteiger charge is 2.17. The lowest BCUT2D eigenvalue weighted by Gasteiger charge is -2.20. The number of aliphatic hydroxyl groups is 1. The third-order valence-corrected chi connectivity index (χ3v) is 5.40. The molecule has 4 N–H and O–H groups in total. The maximum atomic E-state index is 12.5. The molecule has 1 saturated carbocycles. The summed E-state index contributed by atoms with van der Waals surface area (Å²) in [7, 11) is 6.15. The summed E-state index contributed by atoms with van der Waals surface area (Å²) < 4.78 is 1.90. The van der Waals surface area contributed by atoms with E-state index < -0.39 is 6.10 Å². The quantitative estimate of drug-likeness (QED) is 0.667. The predicted octanol–water partition coefficient (Wildman–Crippen LogP) is 2.05. The number of carbonyl (C=O) groups excluding carboxylic acids is 1. The van der Waals surface area contributed by atoms with E-state index in [4.69, 9.17) is 13.6 Å². The van der Waals surface area contributed by atoms with Crippen LogP contribution in [0.15, 0.2) is 24.4 Å².